The number of carbonyl (C=O) groups excluding carboxylic acids is 2. The summed E-state index contributed by atoms with van der Waals surface area (Å²) in [6.07, 6.45) is 5.29. The first-order valence-corrected chi connectivity index (χ1v) is 11.8. The number of hydrogen-bond donors (Lipinski definition) is 1. The first-order valence-electron chi connectivity index (χ1n) is 10.7. The fourth-order valence-electron chi connectivity index (χ4n) is 3.90. The highest BCUT2D eigenvalue weighted by molar-refractivity contribution is 8.04. The second-order valence-electron chi connectivity index (χ2n) is 7.78. The Morgan fingerprint density at radius 3 is 2.74 bits per heavy atom. The molecule has 1 saturated heterocycles. The Hall–Kier alpha value is -2.28. The molecule has 2 heterocycles. The molecule has 5 nitrogen and oxygen atoms in total. The molecule has 4 rings (SSSR count). The maximum absolute atomic E-state index is 13.2. The van der Waals surface area contributed by atoms with Crippen LogP contribution < -0.4 is 10.2 Å². The lowest BCUT2D eigenvalue weighted by atomic mass is 10.2. The van der Waals surface area contributed by atoms with Gasteiger partial charge in [0.2, 0.25) is 5.91 Å². The fraction of sp³-hybridized carbons (Fsp3) is 0.333. The molecule has 0 spiro atoms. The van der Waals surface area contributed by atoms with Gasteiger partial charge in [-0.15, -0.1) is 0 Å². The minimum atomic E-state index is -0.170. The van der Waals surface area contributed by atoms with E-state index in [0.717, 1.165) is 42.2 Å². The monoisotopic (exact) mass is 455 g/mol. The van der Waals surface area contributed by atoms with E-state index in [0.29, 0.717) is 16.5 Å². The summed E-state index contributed by atoms with van der Waals surface area (Å²) in [6.45, 7) is 3.96. The average Bonchev–Trinajstić information content (AvgIpc) is 3.28. The van der Waals surface area contributed by atoms with Crippen molar-refractivity contribution in [2.24, 2.45) is 0 Å². The summed E-state index contributed by atoms with van der Waals surface area (Å²) in [7, 11) is 0. The molecule has 162 valence electrons. The van der Waals surface area contributed by atoms with Gasteiger partial charge in [0.15, 0.2) is 0 Å². The lowest BCUT2D eigenvalue weighted by Gasteiger charge is -2.29. The molecule has 0 saturated carbocycles. The maximum Gasteiger partial charge on any atom is 0.265 e. The third-order valence-electron chi connectivity index (χ3n) is 5.45. The lowest BCUT2D eigenvalue weighted by molar-refractivity contribution is -0.122. The molecular weight excluding hydrogens is 430 g/mol. The summed E-state index contributed by atoms with van der Waals surface area (Å²) in [5.41, 5.74) is 1.63. The number of nitrogens with zero attached hydrogens (tertiary/aromatic N) is 2. The van der Waals surface area contributed by atoms with Crippen molar-refractivity contribution in [3.8, 4) is 0 Å². The third-order valence-corrected chi connectivity index (χ3v) is 6.76. The Kier molecular flexibility index (Phi) is 7.33. The number of likely N-dealkylation sites (tertiary alicyclic amines) is 1. The Morgan fingerprint density at radius 2 is 1.94 bits per heavy atom. The highest BCUT2D eigenvalue weighted by atomic mass is 35.5. The first kappa shape index (κ1) is 21.9. The summed E-state index contributed by atoms with van der Waals surface area (Å²) in [5, 5.41) is 3.59. The predicted octanol–water partition coefficient (Wildman–Crippen LogP) is 4.42. The number of benzene rings is 2. The molecule has 2 aromatic carbocycles. The van der Waals surface area contributed by atoms with Crippen LogP contribution in [0, 0.1) is 0 Å². The second kappa shape index (κ2) is 10.4. The zero-order valence-electron chi connectivity index (χ0n) is 17.4. The van der Waals surface area contributed by atoms with Crippen molar-refractivity contribution in [1.29, 1.82) is 0 Å². The minimum absolute atomic E-state index is 0.00695. The summed E-state index contributed by atoms with van der Waals surface area (Å²) >= 11 is 7.51. The van der Waals surface area contributed by atoms with E-state index < -0.39 is 0 Å². The molecule has 2 amide bonds. The lowest BCUT2D eigenvalue weighted by Crippen LogP contribution is -2.43. The van der Waals surface area contributed by atoms with E-state index in [1.54, 1.807) is 11.0 Å². The Bertz CT molecular complexity index is 988. The molecular formula is C24H26ClN3O2S. The largest absolute Gasteiger partial charge is 0.355 e. The van der Waals surface area contributed by atoms with Gasteiger partial charge in [-0.3, -0.25) is 14.5 Å². The smallest absolute Gasteiger partial charge is 0.265 e. The van der Waals surface area contributed by atoms with Crippen molar-refractivity contribution in [2.45, 2.75) is 24.2 Å². The van der Waals surface area contributed by atoms with Crippen LogP contribution in [0.15, 0.2) is 58.3 Å². The number of carbonyl (C=O) groups is 2. The van der Waals surface area contributed by atoms with Gasteiger partial charge in [-0.25, -0.2) is 0 Å². The number of halogens is 1. The quantitative estimate of drug-likeness (QED) is 0.496. The Labute approximate surface area is 192 Å². The molecule has 0 atom stereocenters. The molecule has 0 aliphatic carbocycles. The van der Waals surface area contributed by atoms with E-state index >= 15 is 0 Å². The van der Waals surface area contributed by atoms with Crippen molar-refractivity contribution < 1.29 is 9.59 Å². The van der Waals surface area contributed by atoms with Gasteiger partial charge in [-0.1, -0.05) is 47.6 Å². The van der Waals surface area contributed by atoms with E-state index in [1.165, 1.54) is 24.6 Å². The normalized spacial score (nSPS) is 17.8. The van der Waals surface area contributed by atoms with Crippen LogP contribution in [0.2, 0.25) is 5.02 Å². The molecule has 1 fully saturated rings. The average molecular weight is 456 g/mol. The fourth-order valence-corrected chi connectivity index (χ4v) is 5.16. The van der Waals surface area contributed by atoms with Crippen molar-refractivity contribution >= 4 is 46.9 Å². The molecule has 2 aliphatic heterocycles. The van der Waals surface area contributed by atoms with Crippen molar-refractivity contribution in [2.75, 3.05) is 37.6 Å². The van der Waals surface area contributed by atoms with E-state index in [2.05, 4.69) is 10.2 Å². The topological polar surface area (TPSA) is 52.7 Å². The number of thioether (sulfide) groups is 1. The van der Waals surface area contributed by atoms with Crippen LogP contribution in [0.5, 0.6) is 0 Å². The standard InChI is InChI=1S/C24H26ClN3O2S/c25-19-8-5-7-18(15-19)16-22-24(30)28(20-9-1-2-10-21(20)31-22)17-23(29)26-11-6-14-27-12-3-4-13-27/h1-2,5,7-10,15-16H,3-4,6,11-14,17H2,(H,26,29). The van der Waals surface area contributed by atoms with Gasteiger partial charge < -0.3 is 10.2 Å². The Morgan fingerprint density at radius 1 is 1.13 bits per heavy atom. The van der Waals surface area contributed by atoms with Crippen molar-refractivity contribution in [3.05, 3.63) is 64.0 Å². The summed E-state index contributed by atoms with van der Waals surface area (Å²) < 4.78 is 0. The van der Waals surface area contributed by atoms with Crippen LogP contribution in [-0.4, -0.2) is 49.4 Å². The number of nitrogens with one attached hydrogen (secondary N) is 1. The predicted molar refractivity (Wildman–Crippen MR) is 127 cm³/mol. The van der Waals surface area contributed by atoms with Crippen LogP contribution in [0.4, 0.5) is 5.69 Å². The molecule has 0 bridgehead atoms. The van der Waals surface area contributed by atoms with Crippen molar-refractivity contribution in [3.63, 3.8) is 0 Å². The highest BCUT2D eigenvalue weighted by Crippen LogP contribution is 2.41. The highest BCUT2D eigenvalue weighted by Gasteiger charge is 2.30. The van der Waals surface area contributed by atoms with Crippen molar-refractivity contribution in [1.82, 2.24) is 10.2 Å². The van der Waals surface area contributed by atoms with Gasteiger partial charge in [0.05, 0.1) is 10.6 Å². The van der Waals surface area contributed by atoms with Crippen LogP contribution in [0.3, 0.4) is 0 Å². The summed E-state index contributed by atoms with van der Waals surface area (Å²) in [4.78, 5) is 31.4. The van der Waals surface area contributed by atoms with Crippen LogP contribution >= 0.6 is 23.4 Å². The maximum atomic E-state index is 13.2. The number of para-hydroxylation sites is 1. The number of anilines is 1. The minimum Gasteiger partial charge on any atom is -0.355 e. The van der Waals surface area contributed by atoms with E-state index in [4.69, 9.17) is 11.6 Å². The van der Waals surface area contributed by atoms with Gasteiger partial charge >= 0.3 is 0 Å². The second-order valence-corrected chi connectivity index (χ2v) is 9.30. The van der Waals surface area contributed by atoms with Gasteiger partial charge in [-0.05, 0) is 74.8 Å². The number of rotatable bonds is 7. The van der Waals surface area contributed by atoms with Gasteiger partial charge in [0.25, 0.3) is 5.91 Å². The van der Waals surface area contributed by atoms with Gasteiger partial charge in [0, 0.05) is 16.5 Å². The van der Waals surface area contributed by atoms with Crippen LogP contribution in [0.1, 0.15) is 24.8 Å². The molecule has 0 unspecified atom stereocenters. The molecule has 2 aromatic rings. The van der Waals surface area contributed by atoms with Gasteiger partial charge in [-0.2, -0.15) is 0 Å². The van der Waals surface area contributed by atoms with E-state index in [-0.39, 0.29) is 18.4 Å². The van der Waals surface area contributed by atoms with E-state index in [1.807, 2.05) is 48.5 Å². The summed E-state index contributed by atoms with van der Waals surface area (Å²) in [6, 6.07) is 15.1. The van der Waals surface area contributed by atoms with Crippen LogP contribution in [0.25, 0.3) is 6.08 Å². The molecule has 0 radical (unpaired) electrons. The molecule has 1 N–H and O–H groups in total. The molecule has 2 aliphatic rings. The molecule has 31 heavy (non-hydrogen) atoms. The number of fused-ring (bicyclic) bond motifs is 1. The SMILES string of the molecule is O=C(CN1C(=O)C(=Cc2cccc(Cl)c2)Sc2ccccc21)NCCCN1CCCC1. The summed E-state index contributed by atoms with van der Waals surface area (Å²) in [5.74, 6) is -0.311. The number of amides is 2. The Balaban J connectivity index is 1.43. The van der Waals surface area contributed by atoms with E-state index in [9.17, 15) is 9.59 Å². The number of hydrogen-bond acceptors (Lipinski definition) is 4. The molecule has 7 heteroatoms. The zero-order chi connectivity index (χ0) is 21.6. The third kappa shape index (κ3) is 5.70. The first-order chi connectivity index (χ1) is 15.1. The van der Waals surface area contributed by atoms with Gasteiger partial charge in [0.1, 0.15) is 6.54 Å². The zero-order valence-corrected chi connectivity index (χ0v) is 18.9. The molecule has 0 aromatic heterocycles. The van der Waals surface area contributed by atoms with Crippen LogP contribution in [-0.2, 0) is 9.59 Å².